The summed E-state index contributed by atoms with van der Waals surface area (Å²) in [5, 5.41) is 15.7. The van der Waals surface area contributed by atoms with Crippen LogP contribution in [0.15, 0.2) is 40.9 Å². The predicted octanol–water partition coefficient (Wildman–Crippen LogP) is 3.00. The minimum atomic E-state index is -0.444. The Balaban J connectivity index is 1.77. The molecule has 130 valence electrons. The van der Waals surface area contributed by atoms with Gasteiger partial charge in [0, 0.05) is 23.2 Å². The summed E-state index contributed by atoms with van der Waals surface area (Å²) in [6, 6.07) is 9.71. The van der Waals surface area contributed by atoms with Gasteiger partial charge in [-0.3, -0.25) is 9.59 Å². The number of carbonyl (C=O) groups is 2. The van der Waals surface area contributed by atoms with Crippen LogP contribution in [-0.2, 0) is 4.79 Å². The molecule has 3 N–H and O–H groups in total. The molecule has 0 aromatic heterocycles. The summed E-state index contributed by atoms with van der Waals surface area (Å²) < 4.78 is 0.687. The van der Waals surface area contributed by atoms with Crippen molar-refractivity contribution >= 4 is 50.7 Å². The summed E-state index contributed by atoms with van der Waals surface area (Å²) in [5.74, 6) is -0.604. The molecule has 1 fully saturated rings. The maximum atomic E-state index is 12.3. The molecule has 0 aliphatic carbocycles. The van der Waals surface area contributed by atoms with Gasteiger partial charge in [0.05, 0.1) is 22.8 Å². The molecule has 3 rings (SSSR count). The minimum absolute atomic E-state index is 0.0511. The highest BCUT2D eigenvalue weighted by Gasteiger charge is 2.19. The van der Waals surface area contributed by atoms with Gasteiger partial charge < -0.3 is 20.6 Å². The molecule has 1 heterocycles. The average molecular weight is 425 g/mol. The number of anilines is 2. The van der Waals surface area contributed by atoms with E-state index in [4.69, 9.17) is 11.6 Å². The van der Waals surface area contributed by atoms with Crippen LogP contribution in [0.4, 0.5) is 11.4 Å². The van der Waals surface area contributed by atoms with Crippen LogP contribution in [0.1, 0.15) is 10.4 Å². The predicted molar refractivity (Wildman–Crippen MR) is 100 cm³/mol. The van der Waals surface area contributed by atoms with Crippen molar-refractivity contribution in [1.82, 2.24) is 5.32 Å². The number of benzene rings is 2. The van der Waals surface area contributed by atoms with Crippen molar-refractivity contribution in [2.45, 2.75) is 0 Å². The van der Waals surface area contributed by atoms with Gasteiger partial charge in [0.2, 0.25) is 5.91 Å². The Morgan fingerprint density at radius 1 is 1.28 bits per heavy atom. The van der Waals surface area contributed by atoms with Crippen LogP contribution >= 0.6 is 27.5 Å². The van der Waals surface area contributed by atoms with E-state index in [9.17, 15) is 14.7 Å². The topological polar surface area (TPSA) is 81.7 Å². The number of amides is 2. The number of hydrogen-bond acceptors (Lipinski definition) is 4. The van der Waals surface area contributed by atoms with Crippen molar-refractivity contribution in [2.75, 3.05) is 29.9 Å². The maximum absolute atomic E-state index is 12.3. The lowest BCUT2D eigenvalue weighted by Crippen LogP contribution is -2.47. The van der Waals surface area contributed by atoms with Gasteiger partial charge in [-0.25, -0.2) is 0 Å². The quantitative estimate of drug-likeness (QED) is 0.707. The van der Waals surface area contributed by atoms with Gasteiger partial charge in [0.25, 0.3) is 5.91 Å². The fourth-order valence-corrected chi connectivity index (χ4v) is 3.24. The third kappa shape index (κ3) is 4.05. The van der Waals surface area contributed by atoms with Crippen molar-refractivity contribution in [3.63, 3.8) is 0 Å². The molecule has 0 atom stereocenters. The van der Waals surface area contributed by atoms with Crippen LogP contribution in [0.3, 0.4) is 0 Å². The smallest absolute Gasteiger partial charge is 0.259 e. The lowest BCUT2D eigenvalue weighted by molar-refractivity contribution is -0.120. The first-order chi connectivity index (χ1) is 11.9. The first-order valence-corrected chi connectivity index (χ1v) is 8.72. The van der Waals surface area contributed by atoms with Gasteiger partial charge in [0.15, 0.2) is 0 Å². The zero-order chi connectivity index (χ0) is 18.0. The highest BCUT2D eigenvalue weighted by molar-refractivity contribution is 9.10. The van der Waals surface area contributed by atoms with E-state index in [0.29, 0.717) is 28.3 Å². The van der Waals surface area contributed by atoms with Gasteiger partial charge in [-0.2, -0.15) is 0 Å². The highest BCUT2D eigenvalue weighted by Crippen LogP contribution is 2.30. The third-order valence-corrected chi connectivity index (χ3v) is 4.58. The lowest BCUT2D eigenvalue weighted by Gasteiger charge is -2.29. The van der Waals surface area contributed by atoms with Crippen molar-refractivity contribution in [2.24, 2.45) is 0 Å². The number of phenols is 1. The molecule has 1 aliphatic rings. The fraction of sp³-hybridized carbons (Fsp3) is 0.176. The van der Waals surface area contributed by atoms with Crippen molar-refractivity contribution < 1.29 is 14.7 Å². The lowest BCUT2D eigenvalue weighted by atomic mass is 10.1. The van der Waals surface area contributed by atoms with Gasteiger partial charge in [-0.05, 0) is 36.4 Å². The van der Waals surface area contributed by atoms with E-state index in [1.165, 1.54) is 12.1 Å². The van der Waals surface area contributed by atoms with Crippen LogP contribution in [0.25, 0.3) is 0 Å². The Kier molecular flexibility index (Phi) is 5.15. The van der Waals surface area contributed by atoms with Gasteiger partial charge >= 0.3 is 0 Å². The summed E-state index contributed by atoms with van der Waals surface area (Å²) in [5.41, 5.74) is 1.39. The summed E-state index contributed by atoms with van der Waals surface area (Å²) in [6.45, 7) is 1.48. The van der Waals surface area contributed by atoms with Gasteiger partial charge in [0.1, 0.15) is 5.75 Å². The maximum Gasteiger partial charge on any atom is 0.259 e. The molecular formula is C17H15BrClN3O3. The van der Waals surface area contributed by atoms with Crippen LogP contribution in [0.2, 0.25) is 5.02 Å². The molecule has 2 aromatic carbocycles. The summed E-state index contributed by atoms with van der Waals surface area (Å²) >= 11 is 9.58. The molecule has 25 heavy (non-hydrogen) atoms. The summed E-state index contributed by atoms with van der Waals surface area (Å²) in [6.07, 6.45) is 0. The van der Waals surface area contributed by atoms with Crippen LogP contribution in [0, 0.1) is 0 Å². The normalized spacial score (nSPS) is 14.2. The second-order valence-electron chi connectivity index (χ2n) is 5.55. The molecule has 0 bridgehead atoms. The number of nitrogens with zero attached hydrogens (tertiary/aromatic N) is 1. The van der Waals surface area contributed by atoms with Crippen molar-refractivity contribution in [1.29, 1.82) is 0 Å². The first-order valence-electron chi connectivity index (χ1n) is 7.55. The summed E-state index contributed by atoms with van der Waals surface area (Å²) in [4.78, 5) is 25.7. The Hall–Kier alpha value is -2.25. The van der Waals surface area contributed by atoms with Crippen LogP contribution in [0.5, 0.6) is 5.75 Å². The number of piperazine rings is 1. The van der Waals surface area contributed by atoms with Crippen LogP contribution in [-0.4, -0.2) is 36.6 Å². The first kappa shape index (κ1) is 17.6. The Morgan fingerprint density at radius 3 is 2.80 bits per heavy atom. The SMILES string of the molecule is O=C1CN(c2ccc(NC(=O)c3cc(Br)ccc3O)cc2Cl)CCN1. The van der Waals surface area contributed by atoms with E-state index in [1.54, 1.807) is 24.3 Å². The Labute approximate surface area is 157 Å². The zero-order valence-electron chi connectivity index (χ0n) is 13.1. The number of phenolic OH excluding ortho intramolecular Hbond substituents is 1. The molecule has 1 saturated heterocycles. The van der Waals surface area contributed by atoms with Gasteiger partial charge in [-0.15, -0.1) is 0 Å². The molecule has 6 nitrogen and oxygen atoms in total. The molecule has 2 amide bonds. The van der Waals surface area contributed by atoms with E-state index in [2.05, 4.69) is 26.6 Å². The molecule has 0 saturated carbocycles. The highest BCUT2D eigenvalue weighted by atomic mass is 79.9. The van der Waals surface area contributed by atoms with Gasteiger partial charge in [-0.1, -0.05) is 27.5 Å². The second kappa shape index (κ2) is 7.33. The van der Waals surface area contributed by atoms with E-state index >= 15 is 0 Å². The largest absolute Gasteiger partial charge is 0.507 e. The minimum Gasteiger partial charge on any atom is -0.507 e. The average Bonchev–Trinajstić information content (AvgIpc) is 2.57. The molecule has 8 heteroatoms. The number of carbonyl (C=O) groups excluding carboxylic acids is 2. The number of aromatic hydroxyl groups is 1. The van der Waals surface area contributed by atoms with E-state index in [0.717, 1.165) is 5.69 Å². The Morgan fingerprint density at radius 2 is 2.08 bits per heavy atom. The van der Waals surface area contributed by atoms with Crippen LogP contribution < -0.4 is 15.5 Å². The summed E-state index contributed by atoms with van der Waals surface area (Å²) in [7, 11) is 0. The molecule has 0 radical (unpaired) electrons. The van der Waals surface area contributed by atoms with Crippen molar-refractivity contribution in [3.8, 4) is 5.75 Å². The number of hydrogen-bond donors (Lipinski definition) is 3. The molecule has 0 unspecified atom stereocenters. The fourth-order valence-electron chi connectivity index (χ4n) is 2.57. The standard InChI is InChI=1S/C17H15BrClN3O3/c18-10-1-4-15(23)12(7-10)17(25)21-11-2-3-14(13(19)8-11)22-6-5-20-16(24)9-22/h1-4,7-8,23H,5-6,9H2,(H,20,24)(H,21,25). The number of halogens is 2. The number of nitrogens with one attached hydrogen (secondary N) is 2. The Bertz CT molecular complexity index is 844. The monoisotopic (exact) mass is 423 g/mol. The van der Waals surface area contributed by atoms with E-state index in [1.807, 2.05) is 4.90 Å². The molecular weight excluding hydrogens is 410 g/mol. The van der Waals surface area contributed by atoms with Crippen molar-refractivity contribution in [3.05, 3.63) is 51.5 Å². The molecule has 2 aromatic rings. The van der Waals surface area contributed by atoms with E-state index in [-0.39, 0.29) is 23.8 Å². The molecule has 0 spiro atoms. The third-order valence-electron chi connectivity index (χ3n) is 3.79. The zero-order valence-corrected chi connectivity index (χ0v) is 15.4. The second-order valence-corrected chi connectivity index (χ2v) is 6.88. The molecule has 1 aliphatic heterocycles. The van der Waals surface area contributed by atoms with E-state index < -0.39 is 5.91 Å². The number of rotatable bonds is 3.